The predicted octanol–water partition coefficient (Wildman–Crippen LogP) is 5.68. The molecule has 0 atom stereocenters. The molecule has 2 aromatic carbocycles. The van der Waals surface area contributed by atoms with E-state index < -0.39 is 5.97 Å². The number of nitrogens with zero attached hydrogens (tertiary/aromatic N) is 3. The number of esters is 1. The van der Waals surface area contributed by atoms with Crippen molar-refractivity contribution in [1.82, 2.24) is 14.5 Å². The van der Waals surface area contributed by atoms with Gasteiger partial charge >= 0.3 is 5.97 Å². The summed E-state index contributed by atoms with van der Waals surface area (Å²) in [5.41, 5.74) is 1.90. The first kappa shape index (κ1) is 18.8. The lowest BCUT2D eigenvalue weighted by atomic mass is 10.2. The van der Waals surface area contributed by atoms with Gasteiger partial charge in [0.15, 0.2) is 5.69 Å². The second-order valence-corrected chi connectivity index (χ2v) is 8.03. The summed E-state index contributed by atoms with van der Waals surface area (Å²) in [4.78, 5) is 21.3. The predicted molar refractivity (Wildman–Crippen MR) is 116 cm³/mol. The second-order valence-electron chi connectivity index (χ2n) is 7.17. The number of hydrogen-bond acceptors (Lipinski definition) is 5. The van der Waals surface area contributed by atoms with Gasteiger partial charge in [-0.05, 0) is 58.6 Å². The Hall–Kier alpha value is -3.19. The molecule has 0 radical (unpaired) electrons. The molecule has 7 heteroatoms. The van der Waals surface area contributed by atoms with Crippen LogP contribution in [0.4, 0.5) is 0 Å². The van der Waals surface area contributed by atoms with Crippen molar-refractivity contribution in [3.8, 4) is 11.5 Å². The largest absolute Gasteiger partial charge is 0.457 e. The third-order valence-corrected chi connectivity index (χ3v) is 5.57. The van der Waals surface area contributed by atoms with Crippen LogP contribution in [0.2, 0.25) is 0 Å². The summed E-state index contributed by atoms with van der Waals surface area (Å²) in [7, 11) is 0. The molecule has 5 rings (SSSR count). The van der Waals surface area contributed by atoms with E-state index in [1.807, 2.05) is 60.8 Å². The summed E-state index contributed by atoms with van der Waals surface area (Å²) in [6.07, 6.45) is 5.65. The van der Waals surface area contributed by atoms with Gasteiger partial charge < -0.3 is 14.0 Å². The van der Waals surface area contributed by atoms with Gasteiger partial charge in [0.05, 0.1) is 5.39 Å². The highest BCUT2D eigenvalue weighted by Crippen LogP contribution is 2.40. The molecule has 0 spiro atoms. The van der Waals surface area contributed by atoms with Crippen LogP contribution in [0.1, 0.15) is 34.9 Å². The molecule has 0 unspecified atom stereocenters. The minimum absolute atomic E-state index is 0.150. The molecule has 30 heavy (non-hydrogen) atoms. The van der Waals surface area contributed by atoms with Crippen molar-refractivity contribution in [1.29, 1.82) is 0 Å². The summed E-state index contributed by atoms with van der Waals surface area (Å²) in [6, 6.07) is 17.5. The Morgan fingerprint density at radius 3 is 2.50 bits per heavy atom. The van der Waals surface area contributed by atoms with E-state index in [-0.39, 0.29) is 12.3 Å². The highest BCUT2D eigenvalue weighted by Gasteiger charge is 2.28. The summed E-state index contributed by atoms with van der Waals surface area (Å²) in [6.45, 7) is 0.150. The van der Waals surface area contributed by atoms with Gasteiger partial charge in [-0.25, -0.2) is 14.8 Å². The van der Waals surface area contributed by atoms with Gasteiger partial charge in [-0.3, -0.25) is 0 Å². The third kappa shape index (κ3) is 3.80. The van der Waals surface area contributed by atoms with E-state index in [0.717, 1.165) is 40.0 Å². The van der Waals surface area contributed by atoms with Crippen LogP contribution in [0, 0.1) is 0 Å². The molecule has 2 heterocycles. The smallest absolute Gasteiger partial charge is 0.358 e. The van der Waals surface area contributed by atoms with Gasteiger partial charge in [-0.1, -0.05) is 30.3 Å². The van der Waals surface area contributed by atoms with Crippen LogP contribution in [0.15, 0.2) is 71.6 Å². The molecule has 0 bridgehead atoms. The SMILES string of the molecule is O=C(OCc1ccc(Oc2ccccc2)cc1)c1ncnc2c1c(Br)cn2C1CC1. The zero-order valence-electron chi connectivity index (χ0n) is 16.0. The molecule has 1 fully saturated rings. The fourth-order valence-electron chi connectivity index (χ4n) is 3.32. The lowest BCUT2D eigenvalue weighted by molar-refractivity contribution is 0.0468. The number of benzene rings is 2. The normalized spacial score (nSPS) is 13.4. The lowest BCUT2D eigenvalue weighted by Gasteiger charge is -2.08. The van der Waals surface area contributed by atoms with Crippen LogP contribution >= 0.6 is 15.9 Å². The number of carbonyl (C=O) groups excluding carboxylic acids is 1. The quantitative estimate of drug-likeness (QED) is 0.344. The Kier molecular flexibility index (Phi) is 4.96. The molecular weight excluding hydrogens is 446 g/mol. The van der Waals surface area contributed by atoms with Crippen molar-refractivity contribution in [3.63, 3.8) is 0 Å². The van der Waals surface area contributed by atoms with E-state index in [0.29, 0.717) is 11.4 Å². The molecule has 1 aliphatic rings. The zero-order chi connectivity index (χ0) is 20.5. The number of para-hydroxylation sites is 1. The molecule has 4 aromatic rings. The fraction of sp³-hybridized carbons (Fsp3) is 0.174. The topological polar surface area (TPSA) is 66.2 Å². The molecule has 6 nitrogen and oxygen atoms in total. The van der Waals surface area contributed by atoms with Crippen molar-refractivity contribution in [3.05, 3.63) is 82.9 Å². The fourth-order valence-corrected chi connectivity index (χ4v) is 3.91. The maximum atomic E-state index is 12.7. The van der Waals surface area contributed by atoms with Crippen molar-refractivity contribution < 1.29 is 14.3 Å². The molecule has 1 saturated carbocycles. The summed E-state index contributed by atoms with van der Waals surface area (Å²) < 4.78 is 14.2. The first-order valence-electron chi connectivity index (χ1n) is 9.69. The Bertz CT molecular complexity index is 1200. The van der Waals surface area contributed by atoms with E-state index in [2.05, 4.69) is 30.5 Å². The molecular formula is C23H18BrN3O3. The number of aromatic nitrogens is 3. The van der Waals surface area contributed by atoms with Crippen LogP contribution in [0.3, 0.4) is 0 Å². The number of fused-ring (bicyclic) bond motifs is 1. The highest BCUT2D eigenvalue weighted by atomic mass is 79.9. The summed E-state index contributed by atoms with van der Waals surface area (Å²) in [5, 5.41) is 0.695. The Morgan fingerprint density at radius 2 is 1.77 bits per heavy atom. The molecule has 150 valence electrons. The summed E-state index contributed by atoms with van der Waals surface area (Å²) >= 11 is 3.54. The first-order chi connectivity index (χ1) is 14.7. The molecule has 2 aromatic heterocycles. The number of halogens is 1. The molecule has 1 aliphatic carbocycles. The number of carbonyl (C=O) groups is 1. The molecule has 0 aliphatic heterocycles. The summed E-state index contributed by atoms with van der Waals surface area (Å²) in [5.74, 6) is 1.02. The van der Waals surface area contributed by atoms with Gasteiger partial charge in [0, 0.05) is 16.7 Å². The lowest BCUT2D eigenvalue weighted by Crippen LogP contribution is -2.09. The van der Waals surface area contributed by atoms with Crippen LogP contribution in [-0.2, 0) is 11.3 Å². The minimum atomic E-state index is -0.471. The van der Waals surface area contributed by atoms with E-state index in [1.54, 1.807) is 0 Å². The van der Waals surface area contributed by atoms with Crippen molar-refractivity contribution >= 4 is 32.9 Å². The Labute approximate surface area is 181 Å². The number of rotatable bonds is 6. The first-order valence-corrected chi connectivity index (χ1v) is 10.5. The molecule has 0 saturated heterocycles. The average Bonchev–Trinajstić information content (AvgIpc) is 3.57. The van der Waals surface area contributed by atoms with E-state index >= 15 is 0 Å². The van der Waals surface area contributed by atoms with Crippen LogP contribution in [0.25, 0.3) is 11.0 Å². The van der Waals surface area contributed by atoms with Gasteiger partial charge in [0.2, 0.25) is 0 Å². The van der Waals surface area contributed by atoms with Crippen molar-refractivity contribution in [2.45, 2.75) is 25.5 Å². The second kappa shape index (κ2) is 7.91. The van der Waals surface area contributed by atoms with Gasteiger partial charge in [-0.15, -0.1) is 0 Å². The standard InChI is InChI=1S/C23H18BrN3O3/c24-19-12-27(16-8-9-16)22-20(19)21(25-14-26-22)23(28)29-13-15-6-10-18(11-7-15)30-17-4-2-1-3-5-17/h1-7,10-12,14,16H,8-9,13H2. The van der Waals surface area contributed by atoms with Crippen molar-refractivity contribution in [2.24, 2.45) is 0 Å². The van der Waals surface area contributed by atoms with E-state index in [1.165, 1.54) is 6.33 Å². The van der Waals surface area contributed by atoms with Gasteiger partial charge in [-0.2, -0.15) is 0 Å². The van der Waals surface area contributed by atoms with Gasteiger partial charge in [0.25, 0.3) is 0 Å². The highest BCUT2D eigenvalue weighted by molar-refractivity contribution is 9.10. The van der Waals surface area contributed by atoms with E-state index in [4.69, 9.17) is 9.47 Å². The number of ether oxygens (including phenoxy) is 2. The third-order valence-electron chi connectivity index (χ3n) is 4.97. The van der Waals surface area contributed by atoms with E-state index in [9.17, 15) is 4.79 Å². The maximum Gasteiger partial charge on any atom is 0.358 e. The van der Waals surface area contributed by atoms with Gasteiger partial charge in [0.1, 0.15) is 30.1 Å². The zero-order valence-corrected chi connectivity index (χ0v) is 17.6. The Morgan fingerprint density at radius 1 is 1.03 bits per heavy atom. The Balaban J connectivity index is 1.28. The monoisotopic (exact) mass is 463 g/mol. The molecule has 0 amide bonds. The van der Waals surface area contributed by atoms with Crippen molar-refractivity contribution in [2.75, 3.05) is 0 Å². The van der Waals surface area contributed by atoms with Crippen LogP contribution in [0.5, 0.6) is 11.5 Å². The average molecular weight is 464 g/mol. The van der Waals surface area contributed by atoms with Crippen LogP contribution < -0.4 is 4.74 Å². The molecule has 0 N–H and O–H groups in total. The number of hydrogen-bond donors (Lipinski definition) is 0. The van der Waals surface area contributed by atoms with Crippen LogP contribution in [-0.4, -0.2) is 20.5 Å². The minimum Gasteiger partial charge on any atom is -0.457 e. The maximum absolute atomic E-state index is 12.7.